The van der Waals surface area contributed by atoms with Gasteiger partial charge in [0.25, 0.3) is 0 Å². The van der Waals surface area contributed by atoms with E-state index in [2.05, 4.69) is 6.92 Å². The van der Waals surface area contributed by atoms with Crippen LogP contribution in [0.2, 0.25) is 0 Å². The van der Waals surface area contributed by atoms with Crippen molar-refractivity contribution in [3.05, 3.63) is 0 Å². The number of aliphatic hydroxyl groups is 1. The third-order valence-corrected chi connectivity index (χ3v) is 2.97. The van der Waals surface area contributed by atoms with Crippen molar-refractivity contribution in [3.8, 4) is 0 Å². The summed E-state index contributed by atoms with van der Waals surface area (Å²) in [5.74, 6) is 0.792. The Morgan fingerprint density at radius 3 is 2.54 bits per heavy atom. The Bertz CT molecular complexity index is 145. The largest absolute Gasteiger partial charge is 0.391 e. The van der Waals surface area contributed by atoms with E-state index >= 15 is 0 Å². The van der Waals surface area contributed by atoms with Gasteiger partial charge in [0.2, 0.25) is 0 Å². The first-order chi connectivity index (χ1) is 6.09. The molecule has 13 heavy (non-hydrogen) atoms. The summed E-state index contributed by atoms with van der Waals surface area (Å²) in [5, 5.41) is 9.29. The summed E-state index contributed by atoms with van der Waals surface area (Å²) < 4.78 is 5.77. The van der Waals surface area contributed by atoms with Crippen LogP contribution >= 0.6 is 0 Å². The van der Waals surface area contributed by atoms with Crippen LogP contribution in [0.1, 0.15) is 46.5 Å². The average molecular weight is 186 g/mol. The van der Waals surface area contributed by atoms with Crippen LogP contribution in [0.15, 0.2) is 0 Å². The third kappa shape index (κ3) is 3.65. The third-order valence-electron chi connectivity index (χ3n) is 2.97. The van der Waals surface area contributed by atoms with Crippen LogP contribution in [0, 0.1) is 5.92 Å². The fraction of sp³-hybridized carbons (Fsp3) is 1.00. The lowest BCUT2D eigenvalue weighted by atomic mass is 9.88. The van der Waals surface area contributed by atoms with E-state index in [-0.39, 0.29) is 12.2 Å². The summed E-state index contributed by atoms with van der Waals surface area (Å²) in [6.07, 6.45) is 4.96. The number of aliphatic hydroxyl groups excluding tert-OH is 1. The van der Waals surface area contributed by atoms with Gasteiger partial charge in [-0.25, -0.2) is 0 Å². The molecule has 0 aromatic carbocycles. The van der Waals surface area contributed by atoms with E-state index in [4.69, 9.17) is 4.74 Å². The Labute approximate surface area is 81.3 Å². The molecule has 0 bridgehead atoms. The van der Waals surface area contributed by atoms with Gasteiger partial charge in [-0.05, 0) is 32.6 Å². The van der Waals surface area contributed by atoms with Crippen LogP contribution < -0.4 is 0 Å². The van der Waals surface area contributed by atoms with Crippen LogP contribution in [-0.4, -0.2) is 23.4 Å². The molecule has 4 atom stereocenters. The maximum atomic E-state index is 9.29. The zero-order chi connectivity index (χ0) is 9.84. The number of ether oxygens (including phenoxy) is 1. The molecule has 1 saturated carbocycles. The first-order valence-electron chi connectivity index (χ1n) is 5.43. The second kappa shape index (κ2) is 4.97. The highest BCUT2D eigenvalue weighted by Gasteiger charge is 2.22. The summed E-state index contributed by atoms with van der Waals surface area (Å²) in [6.45, 7) is 6.02. The van der Waals surface area contributed by atoms with Crippen molar-refractivity contribution in [1.29, 1.82) is 0 Å². The van der Waals surface area contributed by atoms with Crippen molar-refractivity contribution >= 4 is 0 Å². The minimum Gasteiger partial charge on any atom is -0.391 e. The molecule has 0 amide bonds. The van der Waals surface area contributed by atoms with Crippen molar-refractivity contribution in [2.24, 2.45) is 5.92 Å². The van der Waals surface area contributed by atoms with Gasteiger partial charge in [-0.15, -0.1) is 0 Å². The maximum Gasteiger partial charge on any atom is 0.0806 e. The van der Waals surface area contributed by atoms with E-state index in [1.54, 1.807) is 6.92 Å². The molecule has 3 unspecified atom stereocenters. The molecule has 0 aromatic heterocycles. The van der Waals surface area contributed by atoms with E-state index in [9.17, 15) is 5.11 Å². The zero-order valence-electron chi connectivity index (χ0n) is 8.99. The van der Waals surface area contributed by atoms with Crippen molar-refractivity contribution in [3.63, 3.8) is 0 Å². The highest BCUT2D eigenvalue weighted by molar-refractivity contribution is 4.72. The van der Waals surface area contributed by atoms with E-state index in [0.717, 1.165) is 12.3 Å². The lowest BCUT2D eigenvalue weighted by Crippen LogP contribution is -2.31. The fourth-order valence-corrected chi connectivity index (χ4v) is 1.92. The van der Waals surface area contributed by atoms with Gasteiger partial charge in [0.05, 0.1) is 18.3 Å². The maximum absolute atomic E-state index is 9.29. The molecule has 0 radical (unpaired) electrons. The molecule has 0 aliphatic heterocycles. The van der Waals surface area contributed by atoms with Crippen LogP contribution in [0.5, 0.6) is 0 Å². The van der Waals surface area contributed by atoms with E-state index in [1.807, 2.05) is 6.92 Å². The monoisotopic (exact) mass is 186 g/mol. The normalized spacial score (nSPS) is 34.2. The Balaban J connectivity index is 2.27. The van der Waals surface area contributed by atoms with Gasteiger partial charge in [-0.2, -0.15) is 0 Å². The zero-order valence-corrected chi connectivity index (χ0v) is 8.99. The van der Waals surface area contributed by atoms with Gasteiger partial charge < -0.3 is 9.84 Å². The highest BCUT2D eigenvalue weighted by atomic mass is 16.5. The van der Waals surface area contributed by atoms with Crippen LogP contribution in [0.25, 0.3) is 0 Å². The first-order valence-corrected chi connectivity index (χ1v) is 5.43. The molecule has 0 saturated heterocycles. The van der Waals surface area contributed by atoms with Crippen molar-refractivity contribution in [2.45, 2.75) is 64.8 Å². The van der Waals surface area contributed by atoms with Gasteiger partial charge in [0.1, 0.15) is 0 Å². The van der Waals surface area contributed by atoms with Crippen LogP contribution in [0.4, 0.5) is 0 Å². The van der Waals surface area contributed by atoms with Crippen molar-refractivity contribution in [1.82, 2.24) is 0 Å². The molecular weight excluding hydrogens is 164 g/mol. The van der Waals surface area contributed by atoms with Crippen molar-refractivity contribution < 1.29 is 9.84 Å². The molecule has 1 fully saturated rings. The van der Waals surface area contributed by atoms with Gasteiger partial charge >= 0.3 is 0 Å². The molecule has 1 aliphatic carbocycles. The molecule has 0 aromatic rings. The lowest BCUT2D eigenvalue weighted by molar-refractivity contribution is -0.0781. The summed E-state index contributed by atoms with van der Waals surface area (Å²) >= 11 is 0. The highest BCUT2D eigenvalue weighted by Crippen LogP contribution is 2.26. The molecule has 1 N–H and O–H groups in total. The minimum atomic E-state index is -0.350. The topological polar surface area (TPSA) is 29.5 Å². The Morgan fingerprint density at radius 2 is 2.00 bits per heavy atom. The predicted molar refractivity (Wildman–Crippen MR) is 53.6 cm³/mol. The SMILES string of the molecule is CC1CCCC(OC(C)[C@H](C)O)C1. The van der Waals surface area contributed by atoms with E-state index in [0.29, 0.717) is 6.10 Å². The Hall–Kier alpha value is -0.0800. The Kier molecular flexibility index (Phi) is 4.20. The second-order valence-electron chi connectivity index (χ2n) is 4.48. The number of hydrogen-bond acceptors (Lipinski definition) is 2. The van der Waals surface area contributed by atoms with E-state index < -0.39 is 0 Å². The molecule has 2 nitrogen and oxygen atoms in total. The smallest absolute Gasteiger partial charge is 0.0806 e. The van der Waals surface area contributed by atoms with Gasteiger partial charge in [0, 0.05) is 0 Å². The predicted octanol–water partition coefficient (Wildman–Crippen LogP) is 2.35. The van der Waals surface area contributed by atoms with E-state index in [1.165, 1.54) is 19.3 Å². The summed E-state index contributed by atoms with van der Waals surface area (Å²) in [6, 6.07) is 0. The first kappa shape index (κ1) is 11.0. The Morgan fingerprint density at radius 1 is 1.31 bits per heavy atom. The molecule has 2 heteroatoms. The van der Waals surface area contributed by atoms with Gasteiger partial charge in [-0.3, -0.25) is 0 Å². The molecule has 0 spiro atoms. The van der Waals surface area contributed by atoms with Crippen LogP contribution in [0.3, 0.4) is 0 Å². The summed E-state index contributed by atoms with van der Waals surface area (Å²) in [5.41, 5.74) is 0. The number of rotatable bonds is 3. The van der Waals surface area contributed by atoms with Crippen LogP contribution in [-0.2, 0) is 4.74 Å². The van der Waals surface area contributed by atoms with Gasteiger partial charge in [0.15, 0.2) is 0 Å². The quantitative estimate of drug-likeness (QED) is 0.733. The molecule has 1 rings (SSSR count). The number of hydrogen-bond donors (Lipinski definition) is 1. The molecule has 1 aliphatic rings. The average Bonchev–Trinajstić information content (AvgIpc) is 2.04. The molecular formula is C11H22O2. The standard InChI is InChI=1S/C11H22O2/c1-8-5-4-6-11(7-8)13-10(3)9(2)12/h8-12H,4-7H2,1-3H3/t8?,9-,10?,11?/m0/s1. The van der Waals surface area contributed by atoms with Gasteiger partial charge in [-0.1, -0.05) is 19.8 Å². The van der Waals surface area contributed by atoms with Crippen molar-refractivity contribution in [2.75, 3.05) is 0 Å². The molecule has 0 heterocycles. The fourth-order valence-electron chi connectivity index (χ4n) is 1.92. The molecule has 78 valence electrons. The minimum absolute atomic E-state index is 0.0182. The lowest BCUT2D eigenvalue weighted by Gasteiger charge is -2.30. The summed E-state index contributed by atoms with van der Waals surface area (Å²) in [4.78, 5) is 0. The second-order valence-corrected chi connectivity index (χ2v) is 4.48. The summed E-state index contributed by atoms with van der Waals surface area (Å²) in [7, 11) is 0.